The summed E-state index contributed by atoms with van der Waals surface area (Å²) in [5, 5.41) is 3.29. The Kier molecular flexibility index (Phi) is 2.05. The van der Waals surface area contributed by atoms with E-state index in [1.165, 1.54) is 12.8 Å². The predicted molar refractivity (Wildman–Crippen MR) is 46.4 cm³/mol. The Morgan fingerprint density at radius 2 is 2.00 bits per heavy atom. The van der Waals surface area contributed by atoms with Crippen molar-refractivity contribution in [2.24, 2.45) is 23.5 Å². The number of rotatable bonds is 2. The van der Waals surface area contributed by atoms with E-state index in [1.54, 1.807) is 0 Å². The van der Waals surface area contributed by atoms with Crippen LogP contribution in [0.25, 0.3) is 0 Å². The van der Waals surface area contributed by atoms with Gasteiger partial charge in [-0.2, -0.15) is 0 Å². The number of nitrogens with two attached hydrogens (primary N) is 1. The Balaban J connectivity index is 1.89. The average Bonchev–Trinajstić information content (AvgIpc) is 2.87. The van der Waals surface area contributed by atoms with E-state index in [0.717, 1.165) is 31.3 Å². The molecule has 12 heavy (non-hydrogen) atoms. The second kappa shape index (κ2) is 3.05. The maximum Gasteiger partial charge on any atom is 0.221 e. The number of hydrogen-bond acceptors (Lipinski definition) is 2. The Bertz CT molecular complexity index is 189. The van der Waals surface area contributed by atoms with Crippen LogP contribution in [0.5, 0.6) is 0 Å². The number of carbonyl (C=O) groups is 1. The molecule has 1 saturated heterocycles. The minimum Gasteiger partial charge on any atom is -0.369 e. The van der Waals surface area contributed by atoms with Crippen LogP contribution in [-0.2, 0) is 4.79 Å². The molecule has 1 saturated carbocycles. The molecule has 0 radical (unpaired) electrons. The first-order valence-electron chi connectivity index (χ1n) is 4.77. The molecule has 0 aromatic rings. The predicted octanol–water partition coefficient (Wildman–Crippen LogP) is 0.107. The molecule has 0 aromatic carbocycles. The molecule has 0 bridgehead atoms. The molecule has 2 aliphatic rings. The molecule has 1 aliphatic carbocycles. The average molecular weight is 168 g/mol. The summed E-state index contributed by atoms with van der Waals surface area (Å²) in [6, 6.07) is 0. The lowest BCUT2D eigenvalue weighted by Crippen LogP contribution is -2.42. The highest BCUT2D eigenvalue weighted by molar-refractivity contribution is 5.77. The van der Waals surface area contributed by atoms with Crippen molar-refractivity contribution in [2.75, 3.05) is 13.1 Å². The first-order valence-corrected chi connectivity index (χ1v) is 4.77. The fourth-order valence-corrected chi connectivity index (χ4v) is 2.12. The van der Waals surface area contributed by atoms with Gasteiger partial charge in [0.2, 0.25) is 5.91 Å². The van der Waals surface area contributed by atoms with Crippen LogP contribution < -0.4 is 11.1 Å². The minimum atomic E-state index is -0.132. The van der Waals surface area contributed by atoms with Gasteiger partial charge in [0.1, 0.15) is 0 Å². The van der Waals surface area contributed by atoms with Crippen molar-refractivity contribution in [3.05, 3.63) is 0 Å². The first kappa shape index (κ1) is 8.05. The van der Waals surface area contributed by atoms with Gasteiger partial charge >= 0.3 is 0 Å². The molecule has 1 aliphatic heterocycles. The molecule has 3 heteroatoms. The molecule has 3 nitrogen and oxygen atoms in total. The van der Waals surface area contributed by atoms with Crippen LogP contribution >= 0.6 is 0 Å². The molecule has 2 fully saturated rings. The molecular formula is C9H16N2O. The van der Waals surface area contributed by atoms with Crippen molar-refractivity contribution >= 4 is 5.91 Å². The van der Waals surface area contributed by atoms with E-state index >= 15 is 0 Å². The van der Waals surface area contributed by atoms with Gasteiger partial charge in [-0.1, -0.05) is 0 Å². The Morgan fingerprint density at radius 1 is 1.25 bits per heavy atom. The number of hydrogen-bond donors (Lipinski definition) is 2. The van der Waals surface area contributed by atoms with Gasteiger partial charge < -0.3 is 11.1 Å². The van der Waals surface area contributed by atoms with Crippen molar-refractivity contribution < 1.29 is 4.79 Å². The van der Waals surface area contributed by atoms with Gasteiger partial charge in [0.25, 0.3) is 0 Å². The number of piperidine rings is 1. The second-order valence-corrected chi connectivity index (χ2v) is 4.09. The summed E-state index contributed by atoms with van der Waals surface area (Å²) in [7, 11) is 0. The van der Waals surface area contributed by atoms with Crippen molar-refractivity contribution in [3.63, 3.8) is 0 Å². The highest BCUT2D eigenvalue weighted by Crippen LogP contribution is 2.40. The van der Waals surface area contributed by atoms with E-state index in [2.05, 4.69) is 5.32 Å². The van der Waals surface area contributed by atoms with Gasteiger partial charge in [0, 0.05) is 6.54 Å². The van der Waals surface area contributed by atoms with Crippen LogP contribution in [0, 0.1) is 17.8 Å². The molecule has 3 N–H and O–H groups in total. The van der Waals surface area contributed by atoms with Crippen LogP contribution in [0.15, 0.2) is 0 Å². The zero-order chi connectivity index (χ0) is 8.55. The third kappa shape index (κ3) is 1.61. The summed E-state index contributed by atoms with van der Waals surface area (Å²) in [5.74, 6) is 1.56. The number of carbonyl (C=O) groups excluding carboxylic acids is 1. The molecule has 2 unspecified atom stereocenters. The van der Waals surface area contributed by atoms with Gasteiger partial charge in [-0.05, 0) is 37.6 Å². The molecule has 1 amide bonds. The molecule has 0 aromatic heterocycles. The summed E-state index contributed by atoms with van der Waals surface area (Å²) in [6.45, 7) is 1.88. The molecule has 0 spiro atoms. The Hall–Kier alpha value is -0.570. The van der Waals surface area contributed by atoms with Crippen molar-refractivity contribution in [1.82, 2.24) is 5.32 Å². The summed E-state index contributed by atoms with van der Waals surface area (Å²) < 4.78 is 0. The highest BCUT2D eigenvalue weighted by atomic mass is 16.1. The van der Waals surface area contributed by atoms with E-state index in [9.17, 15) is 4.79 Å². The second-order valence-electron chi connectivity index (χ2n) is 4.09. The maximum absolute atomic E-state index is 10.9. The third-order valence-electron chi connectivity index (χ3n) is 3.08. The van der Waals surface area contributed by atoms with Crippen LogP contribution in [0.3, 0.4) is 0 Å². The lowest BCUT2D eigenvalue weighted by Gasteiger charge is -2.28. The lowest BCUT2D eigenvalue weighted by molar-refractivity contribution is -0.122. The lowest BCUT2D eigenvalue weighted by atomic mass is 9.87. The summed E-state index contributed by atoms with van der Waals surface area (Å²) in [4.78, 5) is 10.9. The Labute approximate surface area is 72.7 Å². The van der Waals surface area contributed by atoms with E-state index < -0.39 is 0 Å². The molecule has 1 heterocycles. The van der Waals surface area contributed by atoms with Gasteiger partial charge in [0.15, 0.2) is 0 Å². The standard InChI is InChI=1S/C9H16N2O/c10-9(12)8-3-7(4-11-5-8)6-1-2-6/h6-8,11H,1-5H2,(H2,10,12). The normalized spacial score (nSPS) is 36.3. The topological polar surface area (TPSA) is 55.1 Å². The van der Waals surface area contributed by atoms with Crippen molar-refractivity contribution in [1.29, 1.82) is 0 Å². The van der Waals surface area contributed by atoms with E-state index in [-0.39, 0.29) is 11.8 Å². The quantitative estimate of drug-likeness (QED) is 0.614. The summed E-state index contributed by atoms with van der Waals surface area (Å²) in [6.07, 6.45) is 3.74. The number of nitrogens with one attached hydrogen (secondary N) is 1. The van der Waals surface area contributed by atoms with Gasteiger partial charge in [-0.25, -0.2) is 0 Å². The Morgan fingerprint density at radius 3 is 2.58 bits per heavy atom. The van der Waals surface area contributed by atoms with Crippen molar-refractivity contribution in [3.8, 4) is 0 Å². The van der Waals surface area contributed by atoms with Crippen LogP contribution in [0.1, 0.15) is 19.3 Å². The van der Waals surface area contributed by atoms with Crippen LogP contribution in [0.2, 0.25) is 0 Å². The van der Waals surface area contributed by atoms with E-state index in [1.807, 2.05) is 0 Å². The molecule has 2 atom stereocenters. The molecule has 68 valence electrons. The number of primary amides is 1. The van der Waals surface area contributed by atoms with Gasteiger partial charge in [-0.3, -0.25) is 4.79 Å². The van der Waals surface area contributed by atoms with Gasteiger partial charge in [-0.15, -0.1) is 0 Å². The fourth-order valence-electron chi connectivity index (χ4n) is 2.12. The number of amides is 1. The maximum atomic E-state index is 10.9. The highest BCUT2D eigenvalue weighted by Gasteiger charge is 2.35. The summed E-state index contributed by atoms with van der Waals surface area (Å²) >= 11 is 0. The molecule has 2 rings (SSSR count). The molecular weight excluding hydrogens is 152 g/mol. The summed E-state index contributed by atoms with van der Waals surface area (Å²) in [5.41, 5.74) is 5.27. The van der Waals surface area contributed by atoms with Crippen molar-refractivity contribution in [2.45, 2.75) is 19.3 Å². The fraction of sp³-hybridized carbons (Fsp3) is 0.889. The largest absolute Gasteiger partial charge is 0.369 e. The van der Waals surface area contributed by atoms with Crippen LogP contribution in [0.4, 0.5) is 0 Å². The van der Waals surface area contributed by atoms with Gasteiger partial charge in [0.05, 0.1) is 5.92 Å². The first-order chi connectivity index (χ1) is 5.77. The van der Waals surface area contributed by atoms with E-state index in [4.69, 9.17) is 5.73 Å². The monoisotopic (exact) mass is 168 g/mol. The van der Waals surface area contributed by atoms with Crippen LogP contribution in [-0.4, -0.2) is 19.0 Å². The smallest absolute Gasteiger partial charge is 0.221 e. The minimum absolute atomic E-state index is 0.0874. The van der Waals surface area contributed by atoms with E-state index in [0.29, 0.717) is 0 Å². The zero-order valence-electron chi connectivity index (χ0n) is 7.25. The third-order valence-corrected chi connectivity index (χ3v) is 3.08. The SMILES string of the molecule is NC(=O)C1CNCC(C2CC2)C1. The zero-order valence-corrected chi connectivity index (χ0v) is 7.25.